The highest BCUT2D eigenvalue weighted by Gasteiger charge is 2.25. The molecule has 1 saturated heterocycles. The zero-order valence-electron chi connectivity index (χ0n) is 14.7. The van der Waals surface area contributed by atoms with Gasteiger partial charge >= 0.3 is 0 Å². The largest absolute Gasteiger partial charge is 0.492 e. The van der Waals surface area contributed by atoms with Gasteiger partial charge in [0, 0.05) is 37.6 Å². The Morgan fingerprint density at radius 3 is 2.48 bits per heavy atom. The maximum Gasteiger partial charge on any atom is 0.289 e. The van der Waals surface area contributed by atoms with E-state index in [0.29, 0.717) is 67.2 Å². The van der Waals surface area contributed by atoms with E-state index in [1.165, 1.54) is 6.26 Å². The normalized spacial score (nSPS) is 14.3. The lowest BCUT2D eigenvalue weighted by atomic mass is 10.2. The number of carbonyl (C=O) groups excluding carboxylic acids is 2. The van der Waals surface area contributed by atoms with E-state index in [9.17, 15) is 9.59 Å². The zero-order valence-corrected chi connectivity index (χ0v) is 16.2. The van der Waals surface area contributed by atoms with Crippen molar-refractivity contribution in [3.05, 3.63) is 52.4 Å². The molecular weight excluding hydrogens is 391 g/mol. The van der Waals surface area contributed by atoms with Gasteiger partial charge in [-0.3, -0.25) is 9.59 Å². The number of carbonyl (C=O) groups is 2. The Balaban J connectivity index is 1.37. The molecule has 6 nitrogen and oxygen atoms in total. The topological polar surface area (TPSA) is 63.0 Å². The Labute approximate surface area is 167 Å². The second-order valence-corrected chi connectivity index (χ2v) is 7.02. The summed E-state index contributed by atoms with van der Waals surface area (Å²) in [5.74, 6) is 0.803. The molecule has 2 aromatic rings. The lowest BCUT2D eigenvalue weighted by molar-refractivity contribution is -0.132. The van der Waals surface area contributed by atoms with E-state index in [1.807, 2.05) is 0 Å². The molecule has 3 rings (SSSR count). The lowest BCUT2D eigenvalue weighted by Gasteiger charge is -2.34. The van der Waals surface area contributed by atoms with E-state index >= 15 is 0 Å². The molecule has 0 radical (unpaired) electrons. The van der Waals surface area contributed by atoms with Gasteiger partial charge in [0.1, 0.15) is 5.75 Å². The quantitative estimate of drug-likeness (QED) is 0.680. The summed E-state index contributed by atoms with van der Waals surface area (Å²) in [6, 6.07) is 8.37. The first-order valence-electron chi connectivity index (χ1n) is 8.73. The monoisotopic (exact) mass is 410 g/mol. The van der Waals surface area contributed by atoms with Crippen LogP contribution in [0.1, 0.15) is 23.4 Å². The smallest absolute Gasteiger partial charge is 0.289 e. The van der Waals surface area contributed by atoms with E-state index in [0.717, 1.165) is 0 Å². The number of hydrogen-bond acceptors (Lipinski definition) is 4. The SMILES string of the molecule is O=C(CCCOc1ccc(Cl)cc1Cl)N1CCN(C(=O)c2ccco2)CC1. The molecule has 144 valence electrons. The summed E-state index contributed by atoms with van der Waals surface area (Å²) in [7, 11) is 0. The van der Waals surface area contributed by atoms with Crippen molar-refractivity contribution in [2.24, 2.45) is 0 Å². The molecule has 8 heteroatoms. The van der Waals surface area contributed by atoms with Crippen LogP contribution in [-0.2, 0) is 4.79 Å². The molecule has 0 bridgehead atoms. The summed E-state index contributed by atoms with van der Waals surface area (Å²) in [6.07, 6.45) is 2.45. The number of amides is 2. The molecule has 1 aromatic heterocycles. The van der Waals surface area contributed by atoms with E-state index in [4.69, 9.17) is 32.4 Å². The third-order valence-electron chi connectivity index (χ3n) is 4.34. The molecule has 0 saturated carbocycles. The van der Waals surface area contributed by atoms with Crippen LogP contribution in [0, 0.1) is 0 Å². The fourth-order valence-electron chi connectivity index (χ4n) is 2.87. The van der Waals surface area contributed by atoms with Gasteiger partial charge in [-0.1, -0.05) is 23.2 Å². The van der Waals surface area contributed by atoms with Crippen LogP contribution >= 0.6 is 23.2 Å². The van der Waals surface area contributed by atoms with Crippen LogP contribution in [0.3, 0.4) is 0 Å². The summed E-state index contributed by atoms with van der Waals surface area (Å²) in [4.78, 5) is 28.0. The molecule has 1 aromatic carbocycles. The minimum absolute atomic E-state index is 0.0610. The van der Waals surface area contributed by atoms with Crippen molar-refractivity contribution in [1.82, 2.24) is 9.80 Å². The molecule has 0 unspecified atom stereocenters. The highest BCUT2D eigenvalue weighted by atomic mass is 35.5. The summed E-state index contributed by atoms with van der Waals surface area (Å²) < 4.78 is 10.7. The average Bonchev–Trinajstić information content (AvgIpc) is 3.21. The predicted molar refractivity (Wildman–Crippen MR) is 102 cm³/mol. The molecule has 0 N–H and O–H groups in total. The van der Waals surface area contributed by atoms with Crippen LogP contribution in [-0.4, -0.2) is 54.4 Å². The van der Waals surface area contributed by atoms with Crippen LogP contribution in [0.25, 0.3) is 0 Å². The maximum atomic E-state index is 12.3. The van der Waals surface area contributed by atoms with Crippen molar-refractivity contribution in [2.45, 2.75) is 12.8 Å². The Morgan fingerprint density at radius 2 is 1.81 bits per heavy atom. The fourth-order valence-corrected chi connectivity index (χ4v) is 3.33. The third-order valence-corrected chi connectivity index (χ3v) is 4.87. The number of furan rings is 1. The standard InChI is InChI=1S/C19H20Cl2N2O4/c20-14-5-6-16(15(21)13-14)26-12-2-4-18(24)22-7-9-23(10-8-22)19(25)17-3-1-11-27-17/h1,3,5-6,11,13H,2,4,7-10,12H2. The first kappa shape index (κ1) is 19.6. The van der Waals surface area contributed by atoms with Crippen molar-refractivity contribution in [1.29, 1.82) is 0 Å². The number of hydrogen-bond donors (Lipinski definition) is 0. The van der Waals surface area contributed by atoms with E-state index in [-0.39, 0.29) is 11.8 Å². The average molecular weight is 411 g/mol. The Bertz CT molecular complexity index is 787. The number of nitrogens with zero attached hydrogens (tertiary/aromatic N) is 2. The van der Waals surface area contributed by atoms with Gasteiger partial charge in [0.05, 0.1) is 17.9 Å². The number of ether oxygens (including phenoxy) is 1. The molecule has 2 heterocycles. The summed E-state index contributed by atoms with van der Waals surface area (Å²) in [5.41, 5.74) is 0. The minimum atomic E-state index is -0.139. The number of piperazine rings is 1. The second-order valence-electron chi connectivity index (χ2n) is 6.18. The second kappa shape index (κ2) is 9.15. The van der Waals surface area contributed by atoms with Gasteiger partial charge in [0.2, 0.25) is 5.91 Å². The molecule has 1 fully saturated rings. The van der Waals surface area contributed by atoms with Crippen LogP contribution in [0.2, 0.25) is 10.0 Å². The van der Waals surface area contributed by atoms with Gasteiger partial charge < -0.3 is 19.0 Å². The van der Waals surface area contributed by atoms with Crippen LogP contribution < -0.4 is 4.74 Å². The zero-order chi connectivity index (χ0) is 19.2. The molecule has 1 aliphatic heterocycles. The van der Waals surface area contributed by atoms with E-state index < -0.39 is 0 Å². The lowest BCUT2D eigenvalue weighted by Crippen LogP contribution is -2.50. The number of benzene rings is 1. The summed E-state index contributed by atoms with van der Waals surface area (Å²) >= 11 is 11.9. The summed E-state index contributed by atoms with van der Waals surface area (Å²) in [5, 5.41) is 0.998. The molecule has 0 spiro atoms. The van der Waals surface area contributed by atoms with Crippen LogP contribution in [0.4, 0.5) is 0 Å². The molecule has 1 aliphatic rings. The Hall–Kier alpha value is -2.18. The van der Waals surface area contributed by atoms with Crippen molar-refractivity contribution in [3.8, 4) is 5.75 Å². The van der Waals surface area contributed by atoms with E-state index in [2.05, 4.69) is 0 Å². The van der Waals surface area contributed by atoms with E-state index in [1.54, 1.807) is 40.1 Å². The molecule has 0 atom stereocenters. The van der Waals surface area contributed by atoms with Crippen molar-refractivity contribution in [3.63, 3.8) is 0 Å². The van der Waals surface area contributed by atoms with Gasteiger partial charge in [0.25, 0.3) is 5.91 Å². The first-order chi connectivity index (χ1) is 13.0. The van der Waals surface area contributed by atoms with Gasteiger partial charge in [-0.2, -0.15) is 0 Å². The summed E-state index contributed by atoms with van der Waals surface area (Å²) in [6.45, 7) is 2.44. The van der Waals surface area contributed by atoms with Crippen LogP contribution in [0.5, 0.6) is 5.75 Å². The van der Waals surface area contributed by atoms with Gasteiger partial charge in [0.15, 0.2) is 5.76 Å². The minimum Gasteiger partial charge on any atom is -0.492 e. The molecule has 27 heavy (non-hydrogen) atoms. The molecule has 0 aliphatic carbocycles. The van der Waals surface area contributed by atoms with Crippen molar-refractivity contribution in [2.75, 3.05) is 32.8 Å². The molecule has 2 amide bonds. The number of rotatable bonds is 6. The fraction of sp³-hybridized carbons (Fsp3) is 0.368. The van der Waals surface area contributed by atoms with Gasteiger partial charge in [-0.05, 0) is 36.8 Å². The first-order valence-corrected chi connectivity index (χ1v) is 9.48. The van der Waals surface area contributed by atoms with Crippen molar-refractivity contribution < 1.29 is 18.7 Å². The molecular formula is C19H20Cl2N2O4. The highest BCUT2D eigenvalue weighted by molar-refractivity contribution is 6.35. The maximum absolute atomic E-state index is 12.3. The predicted octanol–water partition coefficient (Wildman–Crippen LogP) is 3.73. The Kier molecular flexibility index (Phi) is 6.63. The highest BCUT2D eigenvalue weighted by Crippen LogP contribution is 2.27. The van der Waals surface area contributed by atoms with Gasteiger partial charge in [-0.25, -0.2) is 0 Å². The Morgan fingerprint density at radius 1 is 1.07 bits per heavy atom. The van der Waals surface area contributed by atoms with Crippen LogP contribution in [0.15, 0.2) is 41.0 Å². The third kappa shape index (κ3) is 5.17. The van der Waals surface area contributed by atoms with Crippen molar-refractivity contribution >= 4 is 35.0 Å². The van der Waals surface area contributed by atoms with Gasteiger partial charge in [-0.15, -0.1) is 0 Å². The number of halogens is 2.